The second-order valence-electron chi connectivity index (χ2n) is 4.55. The highest BCUT2D eigenvalue weighted by molar-refractivity contribution is 5.47. The zero-order chi connectivity index (χ0) is 11.4. The molecule has 0 aliphatic heterocycles. The smallest absolute Gasteiger partial charge is 0.0629 e. The molecule has 0 N–H and O–H groups in total. The molecule has 16 heavy (non-hydrogen) atoms. The van der Waals surface area contributed by atoms with Crippen LogP contribution in [0.3, 0.4) is 0 Å². The molecular weight excluding hydrogens is 200 g/mol. The molecule has 1 aliphatic rings. The molecule has 86 valence electrons. The molecule has 3 nitrogen and oxygen atoms in total. The number of hydrogen-bond donors (Lipinski definition) is 0. The van der Waals surface area contributed by atoms with Crippen LogP contribution in [0.1, 0.15) is 37.7 Å². The van der Waals surface area contributed by atoms with E-state index in [2.05, 4.69) is 5.29 Å². The van der Waals surface area contributed by atoms with Crippen LogP contribution >= 0.6 is 0 Å². The van der Waals surface area contributed by atoms with Gasteiger partial charge in [0.05, 0.1) is 17.0 Å². The highest BCUT2D eigenvalue weighted by atomic mass is 16.3. The van der Waals surface area contributed by atoms with Crippen LogP contribution in [-0.2, 0) is 0 Å². The summed E-state index contributed by atoms with van der Waals surface area (Å²) < 4.78 is 0. The van der Waals surface area contributed by atoms with Gasteiger partial charge in [-0.05, 0) is 31.9 Å². The normalized spacial score (nSPS) is 17.1. The van der Waals surface area contributed by atoms with Crippen molar-refractivity contribution in [2.75, 3.05) is 5.01 Å². The average Bonchev–Trinajstić information content (AvgIpc) is 2.34. The Balaban J connectivity index is 2.14. The third-order valence-electron chi connectivity index (χ3n) is 3.31. The molecule has 0 heterocycles. The number of aryl methyl sites for hydroxylation is 1. The predicted octanol–water partition coefficient (Wildman–Crippen LogP) is 3.82. The van der Waals surface area contributed by atoms with Crippen molar-refractivity contribution >= 4 is 5.69 Å². The van der Waals surface area contributed by atoms with E-state index in [1.807, 2.05) is 31.2 Å². The van der Waals surface area contributed by atoms with Crippen molar-refractivity contribution in [1.29, 1.82) is 0 Å². The minimum absolute atomic E-state index is 0.300. The second-order valence-corrected chi connectivity index (χ2v) is 4.55. The summed E-state index contributed by atoms with van der Waals surface area (Å²) in [6, 6.07) is 8.30. The van der Waals surface area contributed by atoms with Crippen molar-refractivity contribution in [3.63, 3.8) is 0 Å². The van der Waals surface area contributed by atoms with Gasteiger partial charge >= 0.3 is 0 Å². The molecule has 1 aliphatic carbocycles. The molecule has 2 rings (SSSR count). The largest absolute Gasteiger partial charge is 0.226 e. The van der Waals surface area contributed by atoms with Gasteiger partial charge in [0.2, 0.25) is 0 Å². The van der Waals surface area contributed by atoms with Crippen LogP contribution < -0.4 is 5.01 Å². The lowest BCUT2D eigenvalue weighted by atomic mass is 9.95. The third-order valence-corrected chi connectivity index (χ3v) is 3.31. The minimum atomic E-state index is 0.300. The number of nitroso groups, excluding NO2 is 1. The van der Waals surface area contributed by atoms with E-state index in [0.29, 0.717) is 6.04 Å². The quantitative estimate of drug-likeness (QED) is 0.570. The topological polar surface area (TPSA) is 32.7 Å². The molecule has 0 saturated heterocycles. The third kappa shape index (κ3) is 2.40. The van der Waals surface area contributed by atoms with E-state index in [0.717, 1.165) is 18.5 Å². The summed E-state index contributed by atoms with van der Waals surface area (Å²) in [6.07, 6.45) is 5.88. The Morgan fingerprint density at radius 1 is 1.12 bits per heavy atom. The monoisotopic (exact) mass is 218 g/mol. The summed E-state index contributed by atoms with van der Waals surface area (Å²) in [5.41, 5.74) is 2.13. The zero-order valence-electron chi connectivity index (χ0n) is 9.72. The number of hydrogen-bond acceptors (Lipinski definition) is 2. The predicted molar refractivity (Wildman–Crippen MR) is 66.3 cm³/mol. The average molecular weight is 218 g/mol. The van der Waals surface area contributed by atoms with Crippen LogP contribution in [0.25, 0.3) is 0 Å². The van der Waals surface area contributed by atoms with Gasteiger partial charge in [0.25, 0.3) is 0 Å². The first kappa shape index (κ1) is 11.1. The van der Waals surface area contributed by atoms with Crippen LogP contribution in [0.15, 0.2) is 29.6 Å². The number of benzene rings is 1. The number of anilines is 1. The van der Waals surface area contributed by atoms with E-state index in [4.69, 9.17) is 0 Å². The summed E-state index contributed by atoms with van der Waals surface area (Å²) >= 11 is 0. The lowest BCUT2D eigenvalue weighted by Gasteiger charge is -2.29. The summed E-state index contributed by atoms with van der Waals surface area (Å²) in [5.74, 6) is 0. The Kier molecular flexibility index (Phi) is 3.54. The Hall–Kier alpha value is -1.38. The Morgan fingerprint density at radius 3 is 2.31 bits per heavy atom. The van der Waals surface area contributed by atoms with Crippen molar-refractivity contribution < 1.29 is 0 Å². The molecule has 0 radical (unpaired) electrons. The SMILES string of the molecule is Cc1ccc(N(N=O)C2CCCCC2)cc1. The summed E-state index contributed by atoms with van der Waals surface area (Å²) in [5, 5.41) is 4.85. The first-order valence-electron chi connectivity index (χ1n) is 6.00. The van der Waals surface area contributed by atoms with Crippen molar-refractivity contribution in [2.24, 2.45) is 5.29 Å². The highest BCUT2D eigenvalue weighted by Crippen LogP contribution is 2.27. The van der Waals surface area contributed by atoms with Gasteiger partial charge in [0, 0.05) is 0 Å². The van der Waals surface area contributed by atoms with E-state index >= 15 is 0 Å². The number of rotatable bonds is 3. The fraction of sp³-hybridized carbons (Fsp3) is 0.538. The van der Waals surface area contributed by atoms with Crippen LogP contribution in [0.5, 0.6) is 0 Å². The van der Waals surface area contributed by atoms with Crippen LogP contribution in [0.2, 0.25) is 0 Å². The maximum atomic E-state index is 11.0. The molecule has 3 heteroatoms. The molecule has 0 spiro atoms. The molecule has 1 aromatic carbocycles. The summed E-state index contributed by atoms with van der Waals surface area (Å²) in [7, 11) is 0. The van der Waals surface area contributed by atoms with E-state index in [-0.39, 0.29) is 0 Å². The molecular formula is C13H18N2O. The van der Waals surface area contributed by atoms with Gasteiger partial charge < -0.3 is 0 Å². The van der Waals surface area contributed by atoms with Crippen molar-refractivity contribution in [1.82, 2.24) is 0 Å². The van der Waals surface area contributed by atoms with E-state index < -0.39 is 0 Å². The molecule has 0 amide bonds. The Bertz CT molecular complexity index is 341. The van der Waals surface area contributed by atoms with Gasteiger partial charge in [0.1, 0.15) is 0 Å². The molecule has 0 atom stereocenters. The molecule has 0 bridgehead atoms. The molecule has 0 unspecified atom stereocenters. The van der Waals surface area contributed by atoms with Crippen molar-refractivity contribution in [2.45, 2.75) is 45.1 Å². The maximum absolute atomic E-state index is 11.0. The van der Waals surface area contributed by atoms with Crippen molar-refractivity contribution in [3.8, 4) is 0 Å². The summed E-state index contributed by atoms with van der Waals surface area (Å²) in [4.78, 5) is 11.0. The zero-order valence-corrected chi connectivity index (χ0v) is 9.72. The molecule has 1 fully saturated rings. The van der Waals surface area contributed by atoms with Crippen molar-refractivity contribution in [3.05, 3.63) is 34.7 Å². The van der Waals surface area contributed by atoms with E-state index in [9.17, 15) is 4.91 Å². The van der Waals surface area contributed by atoms with Gasteiger partial charge in [-0.25, -0.2) is 5.01 Å². The van der Waals surface area contributed by atoms with Gasteiger partial charge in [-0.15, -0.1) is 4.91 Å². The Morgan fingerprint density at radius 2 is 1.75 bits per heavy atom. The van der Waals surface area contributed by atoms with Gasteiger partial charge in [0.15, 0.2) is 0 Å². The standard InChI is InChI=1S/C13H18N2O/c1-11-7-9-13(10-8-11)15(14-16)12-5-3-2-4-6-12/h7-10,12H,2-6H2,1H3. The van der Waals surface area contributed by atoms with E-state index in [1.165, 1.54) is 24.8 Å². The Labute approximate surface area is 96.4 Å². The van der Waals surface area contributed by atoms with Crippen LogP contribution in [-0.4, -0.2) is 6.04 Å². The van der Waals surface area contributed by atoms with Crippen LogP contribution in [0.4, 0.5) is 5.69 Å². The fourth-order valence-corrected chi connectivity index (χ4v) is 2.35. The van der Waals surface area contributed by atoms with Crippen LogP contribution in [0, 0.1) is 11.8 Å². The van der Waals surface area contributed by atoms with Gasteiger partial charge in [-0.2, -0.15) is 0 Å². The van der Waals surface area contributed by atoms with Gasteiger partial charge in [-0.1, -0.05) is 37.0 Å². The minimum Gasteiger partial charge on any atom is -0.226 e. The van der Waals surface area contributed by atoms with E-state index in [1.54, 1.807) is 5.01 Å². The molecule has 0 aromatic heterocycles. The lowest BCUT2D eigenvalue weighted by Crippen LogP contribution is -2.32. The molecule has 1 saturated carbocycles. The highest BCUT2D eigenvalue weighted by Gasteiger charge is 2.22. The van der Waals surface area contributed by atoms with Gasteiger partial charge in [-0.3, -0.25) is 0 Å². The number of nitrogens with zero attached hydrogens (tertiary/aromatic N) is 2. The lowest BCUT2D eigenvalue weighted by molar-refractivity contribution is 0.418. The second kappa shape index (κ2) is 5.10. The molecule has 1 aromatic rings. The first-order chi connectivity index (χ1) is 7.81. The maximum Gasteiger partial charge on any atom is 0.0629 e. The first-order valence-corrected chi connectivity index (χ1v) is 6.00. The fourth-order valence-electron chi connectivity index (χ4n) is 2.35. The summed E-state index contributed by atoms with van der Waals surface area (Å²) in [6.45, 7) is 2.04.